The lowest BCUT2D eigenvalue weighted by Crippen LogP contribution is -2.38. The Balaban J connectivity index is 2.03. The van der Waals surface area contributed by atoms with Gasteiger partial charge in [0.25, 0.3) is 0 Å². The average molecular weight is 282 g/mol. The van der Waals surface area contributed by atoms with E-state index in [2.05, 4.69) is 74.7 Å². The minimum absolute atomic E-state index is 0.260. The van der Waals surface area contributed by atoms with Crippen LogP contribution in [-0.4, -0.2) is 6.04 Å². The SMILES string of the molecule is Cc1ccccc1CC(Cc1ccc(C(C)C)cc1)NN. The second-order valence-electron chi connectivity index (χ2n) is 6.09. The molecule has 0 spiro atoms. The molecular formula is C19H26N2. The van der Waals surface area contributed by atoms with Crippen LogP contribution in [0.4, 0.5) is 0 Å². The summed E-state index contributed by atoms with van der Waals surface area (Å²) in [5.74, 6) is 6.32. The van der Waals surface area contributed by atoms with E-state index in [1.165, 1.54) is 22.3 Å². The number of benzene rings is 2. The van der Waals surface area contributed by atoms with Crippen LogP contribution in [0.5, 0.6) is 0 Å². The third-order valence-corrected chi connectivity index (χ3v) is 4.09. The number of aryl methyl sites for hydroxylation is 1. The van der Waals surface area contributed by atoms with Crippen molar-refractivity contribution in [3.63, 3.8) is 0 Å². The van der Waals surface area contributed by atoms with Gasteiger partial charge in [0.15, 0.2) is 0 Å². The van der Waals surface area contributed by atoms with Crippen molar-refractivity contribution in [1.82, 2.24) is 5.43 Å². The fourth-order valence-electron chi connectivity index (χ4n) is 2.62. The highest BCUT2D eigenvalue weighted by atomic mass is 15.2. The van der Waals surface area contributed by atoms with Crippen molar-refractivity contribution in [2.24, 2.45) is 5.84 Å². The van der Waals surface area contributed by atoms with E-state index in [0.717, 1.165) is 12.8 Å². The molecule has 0 aliphatic rings. The number of hydrogen-bond acceptors (Lipinski definition) is 2. The minimum atomic E-state index is 0.260. The van der Waals surface area contributed by atoms with Gasteiger partial charge in [-0.3, -0.25) is 11.3 Å². The van der Waals surface area contributed by atoms with Crippen molar-refractivity contribution in [2.75, 3.05) is 0 Å². The first-order valence-corrected chi connectivity index (χ1v) is 7.69. The second-order valence-corrected chi connectivity index (χ2v) is 6.09. The first-order valence-electron chi connectivity index (χ1n) is 7.69. The molecule has 2 aromatic rings. The van der Waals surface area contributed by atoms with Crippen molar-refractivity contribution in [2.45, 2.75) is 45.6 Å². The van der Waals surface area contributed by atoms with E-state index in [1.54, 1.807) is 0 Å². The maximum atomic E-state index is 5.75. The lowest BCUT2D eigenvalue weighted by atomic mass is 9.95. The summed E-state index contributed by atoms with van der Waals surface area (Å²) in [4.78, 5) is 0. The number of rotatable bonds is 6. The summed E-state index contributed by atoms with van der Waals surface area (Å²) in [5.41, 5.74) is 8.36. The standard InChI is InChI=1S/C19H26N2/c1-14(2)17-10-8-16(9-11-17)12-19(21-20)13-18-7-5-4-6-15(18)3/h4-11,14,19,21H,12-13,20H2,1-3H3. The molecule has 0 saturated carbocycles. The third-order valence-electron chi connectivity index (χ3n) is 4.09. The Morgan fingerprint density at radius 1 is 0.952 bits per heavy atom. The molecule has 0 aliphatic carbocycles. The van der Waals surface area contributed by atoms with Crippen LogP contribution in [0.3, 0.4) is 0 Å². The summed E-state index contributed by atoms with van der Waals surface area (Å²) < 4.78 is 0. The van der Waals surface area contributed by atoms with Crippen molar-refractivity contribution in [3.8, 4) is 0 Å². The first kappa shape index (κ1) is 15.7. The molecule has 0 heterocycles. The monoisotopic (exact) mass is 282 g/mol. The van der Waals surface area contributed by atoms with Crippen LogP contribution in [-0.2, 0) is 12.8 Å². The van der Waals surface area contributed by atoms with Gasteiger partial charge in [-0.15, -0.1) is 0 Å². The van der Waals surface area contributed by atoms with Crippen LogP contribution >= 0.6 is 0 Å². The van der Waals surface area contributed by atoms with Gasteiger partial charge in [0.05, 0.1) is 0 Å². The van der Waals surface area contributed by atoms with Crippen molar-refractivity contribution in [1.29, 1.82) is 0 Å². The molecule has 0 aromatic heterocycles. The van der Waals surface area contributed by atoms with Crippen LogP contribution < -0.4 is 11.3 Å². The molecule has 1 unspecified atom stereocenters. The van der Waals surface area contributed by atoms with Gasteiger partial charge in [0.2, 0.25) is 0 Å². The van der Waals surface area contributed by atoms with Gasteiger partial charge in [-0.05, 0) is 47.9 Å². The normalized spacial score (nSPS) is 12.6. The van der Waals surface area contributed by atoms with Crippen LogP contribution in [0, 0.1) is 6.92 Å². The zero-order valence-electron chi connectivity index (χ0n) is 13.3. The predicted molar refractivity (Wildman–Crippen MR) is 90.2 cm³/mol. The molecule has 1 atom stereocenters. The van der Waals surface area contributed by atoms with Crippen molar-refractivity contribution in [3.05, 3.63) is 70.8 Å². The summed E-state index contributed by atoms with van der Waals surface area (Å²) in [5, 5.41) is 0. The topological polar surface area (TPSA) is 38.0 Å². The highest BCUT2D eigenvalue weighted by Crippen LogP contribution is 2.17. The molecule has 0 amide bonds. The fourth-order valence-corrected chi connectivity index (χ4v) is 2.62. The minimum Gasteiger partial charge on any atom is -0.271 e. The molecule has 21 heavy (non-hydrogen) atoms. The van der Waals surface area contributed by atoms with Gasteiger partial charge in [-0.25, -0.2) is 0 Å². The quantitative estimate of drug-likeness (QED) is 0.626. The zero-order valence-corrected chi connectivity index (χ0v) is 13.3. The number of nitrogens with one attached hydrogen (secondary N) is 1. The number of hydrogen-bond donors (Lipinski definition) is 2. The Hall–Kier alpha value is -1.64. The van der Waals surface area contributed by atoms with Crippen molar-refractivity contribution >= 4 is 0 Å². The highest BCUT2D eigenvalue weighted by molar-refractivity contribution is 5.28. The molecule has 3 N–H and O–H groups in total. The van der Waals surface area contributed by atoms with Gasteiger partial charge in [0.1, 0.15) is 0 Å². The van der Waals surface area contributed by atoms with Crippen LogP contribution in [0.25, 0.3) is 0 Å². The Morgan fingerprint density at radius 3 is 2.19 bits per heavy atom. The summed E-state index contributed by atoms with van der Waals surface area (Å²) in [6, 6.07) is 17.7. The van der Waals surface area contributed by atoms with Gasteiger partial charge < -0.3 is 0 Å². The predicted octanol–water partition coefficient (Wildman–Crippen LogP) is 3.74. The number of hydrazine groups is 1. The average Bonchev–Trinajstić information content (AvgIpc) is 2.49. The van der Waals surface area contributed by atoms with Crippen LogP contribution in [0.15, 0.2) is 48.5 Å². The summed E-state index contributed by atoms with van der Waals surface area (Å²) in [6.07, 6.45) is 1.90. The molecule has 2 aromatic carbocycles. The summed E-state index contributed by atoms with van der Waals surface area (Å²) >= 11 is 0. The Morgan fingerprint density at radius 2 is 1.62 bits per heavy atom. The van der Waals surface area contributed by atoms with E-state index in [0.29, 0.717) is 5.92 Å². The maximum Gasteiger partial charge on any atom is 0.0291 e. The largest absolute Gasteiger partial charge is 0.271 e. The third kappa shape index (κ3) is 4.42. The summed E-state index contributed by atoms with van der Waals surface area (Å²) in [6.45, 7) is 6.59. The van der Waals surface area contributed by atoms with E-state index in [9.17, 15) is 0 Å². The van der Waals surface area contributed by atoms with E-state index < -0.39 is 0 Å². The zero-order chi connectivity index (χ0) is 15.2. The number of nitrogens with two attached hydrogens (primary N) is 1. The smallest absolute Gasteiger partial charge is 0.0291 e. The van der Waals surface area contributed by atoms with E-state index in [1.807, 2.05) is 0 Å². The molecule has 0 bridgehead atoms. The molecule has 2 heteroatoms. The second kappa shape index (κ2) is 7.39. The van der Waals surface area contributed by atoms with E-state index in [-0.39, 0.29) is 6.04 Å². The highest BCUT2D eigenvalue weighted by Gasteiger charge is 2.10. The van der Waals surface area contributed by atoms with Gasteiger partial charge in [0, 0.05) is 6.04 Å². The molecule has 2 rings (SSSR count). The molecule has 0 aliphatic heterocycles. The Kier molecular flexibility index (Phi) is 5.54. The lowest BCUT2D eigenvalue weighted by Gasteiger charge is -2.18. The maximum absolute atomic E-state index is 5.75. The molecule has 0 fully saturated rings. The van der Waals surface area contributed by atoms with E-state index in [4.69, 9.17) is 5.84 Å². The molecule has 0 radical (unpaired) electrons. The fraction of sp³-hybridized carbons (Fsp3) is 0.368. The Bertz CT molecular complexity index is 558. The van der Waals surface area contributed by atoms with Gasteiger partial charge in [-0.1, -0.05) is 62.4 Å². The van der Waals surface area contributed by atoms with Crippen LogP contribution in [0.1, 0.15) is 42.0 Å². The molecule has 0 saturated heterocycles. The lowest BCUT2D eigenvalue weighted by molar-refractivity contribution is 0.521. The molecule has 2 nitrogen and oxygen atoms in total. The first-order chi connectivity index (χ1) is 10.1. The van der Waals surface area contributed by atoms with E-state index >= 15 is 0 Å². The van der Waals surface area contributed by atoms with Crippen molar-refractivity contribution < 1.29 is 0 Å². The van der Waals surface area contributed by atoms with Crippen LogP contribution in [0.2, 0.25) is 0 Å². The molecular weight excluding hydrogens is 256 g/mol. The Labute approximate surface area is 128 Å². The summed E-state index contributed by atoms with van der Waals surface area (Å²) in [7, 11) is 0. The molecule has 112 valence electrons. The van der Waals surface area contributed by atoms with Gasteiger partial charge >= 0.3 is 0 Å². The van der Waals surface area contributed by atoms with Gasteiger partial charge in [-0.2, -0.15) is 0 Å².